The fourth-order valence-corrected chi connectivity index (χ4v) is 0. The zero-order valence-corrected chi connectivity index (χ0v) is 4.55. The van der Waals surface area contributed by atoms with Gasteiger partial charge in [0.15, 0.2) is 0 Å². The van der Waals surface area contributed by atoms with Crippen molar-refractivity contribution in [1.29, 1.82) is 0 Å². The van der Waals surface area contributed by atoms with Crippen LogP contribution in [0.4, 0.5) is 0 Å². The van der Waals surface area contributed by atoms with Gasteiger partial charge in [-0.2, -0.15) is 0 Å². The standard InChI is InChI=1S/C5H7Cl/c1-4(2)5(3)6/h1,3H2,2H3. The van der Waals surface area contributed by atoms with Crippen molar-refractivity contribution in [2.75, 3.05) is 0 Å². The number of hydrogen-bond acceptors (Lipinski definition) is 0. The van der Waals surface area contributed by atoms with Crippen LogP contribution in [0.15, 0.2) is 23.8 Å². The minimum Gasteiger partial charge on any atom is -0.0947 e. The SMILES string of the molecule is C=C(C)C(=C)Cl. The minimum atomic E-state index is 0.537. The first kappa shape index (κ1) is 5.77. The van der Waals surface area contributed by atoms with Crippen molar-refractivity contribution in [3.05, 3.63) is 23.8 Å². The highest BCUT2D eigenvalue weighted by Gasteiger charge is 1.80. The van der Waals surface area contributed by atoms with Crippen molar-refractivity contribution >= 4 is 11.6 Å². The quantitative estimate of drug-likeness (QED) is 0.446. The summed E-state index contributed by atoms with van der Waals surface area (Å²) in [4.78, 5) is 0. The van der Waals surface area contributed by atoms with E-state index in [2.05, 4.69) is 13.2 Å². The molecule has 0 aromatic carbocycles. The van der Waals surface area contributed by atoms with Gasteiger partial charge in [0.25, 0.3) is 0 Å². The highest BCUT2D eigenvalue weighted by atomic mass is 35.5. The highest BCUT2D eigenvalue weighted by Crippen LogP contribution is 2.05. The molecule has 0 saturated carbocycles. The van der Waals surface area contributed by atoms with Gasteiger partial charge < -0.3 is 0 Å². The van der Waals surface area contributed by atoms with Gasteiger partial charge in [-0.25, -0.2) is 0 Å². The van der Waals surface area contributed by atoms with Crippen LogP contribution >= 0.6 is 11.6 Å². The van der Waals surface area contributed by atoms with Crippen molar-refractivity contribution in [2.45, 2.75) is 6.92 Å². The van der Waals surface area contributed by atoms with Crippen molar-refractivity contribution < 1.29 is 0 Å². The van der Waals surface area contributed by atoms with E-state index in [-0.39, 0.29) is 0 Å². The van der Waals surface area contributed by atoms with Crippen molar-refractivity contribution in [3.8, 4) is 0 Å². The molecule has 0 rings (SSSR count). The third-order valence-electron chi connectivity index (χ3n) is 0.463. The molecule has 0 aliphatic carbocycles. The highest BCUT2D eigenvalue weighted by molar-refractivity contribution is 6.31. The Bertz CT molecular complexity index is 69.9. The Kier molecular flexibility index (Phi) is 1.96. The molecule has 0 atom stereocenters. The zero-order chi connectivity index (χ0) is 5.15. The monoisotopic (exact) mass is 102 g/mol. The molecule has 0 bridgehead atoms. The number of halogens is 1. The average molecular weight is 103 g/mol. The summed E-state index contributed by atoms with van der Waals surface area (Å²) in [5.41, 5.74) is 0.830. The molecule has 1 heteroatoms. The fraction of sp³-hybridized carbons (Fsp3) is 0.200. The van der Waals surface area contributed by atoms with Gasteiger partial charge in [-0.1, -0.05) is 24.8 Å². The number of rotatable bonds is 1. The summed E-state index contributed by atoms with van der Waals surface area (Å²) in [6.07, 6.45) is 0. The molecule has 6 heavy (non-hydrogen) atoms. The fourth-order valence-electron chi connectivity index (χ4n) is 0. The average Bonchev–Trinajstić information content (AvgIpc) is 1.36. The Balaban J connectivity index is 3.57. The second kappa shape index (κ2) is 2.04. The molecule has 0 aromatic heterocycles. The largest absolute Gasteiger partial charge is 0.0947 e. The van der Waals surface area contributed by atoms with Gasteiger partial charge in [-0.15, -0.1) is 0 Å². The lowest BCUT2D eigenvalue weighted by Gasteiger charge is -1.85. The molecule has 0 heterocycles. The minimum absolute atomic E-state index is 0.537. The summed E-state index contributed by atoms with van der Waals surface area (Å²) in [6.45, 7) is 8.76. The predicted octanol–water partition coefficient (Wildman–Crippen LogP) is 2.32. The molecular formula is C5H7Cl. The first-order chi connectivity index (χ1) is 2.64. The normalized spacial score (nSPS) is 7.67. The van der Waals surface area contributed by atoms with Crippen LogP contribution in [0.3, 0.4) is 0 Å². The summed E-state index contributed by atoms with van der Waals surface area (Å²) in [5.74, 6) is 0. The van der Waals surface area contributed by atoms with Crippen LogP contribution < -0.4 is 0 Å². The van der Waals surface area contributed by atoms with Gasteiger partial charge in [0.2, 0.25) is 0 Å². The van der Waals surface area contributed by atoms with Gasteiger partial charge in [0.1, 0.15) is 0 Å². The van der Waals surface area contributed by atoms with E-state index in [0.717, 1.165) is 5.57 Å². The molecule has 0 spiro atoms. The van der Waals surface area contributed by atoms with Gasteiger partial charge >= 0.3 is 0 Å². The van der Waals surface area contributed by atoms with Crippen LogP contribution in [0.1, 0.15) is 6.92 Å². The molecule has 0 aromatic rings. The first-order valence-electron chi connectivity index (χ1n) is 1.65. The third-order valence-corrected chi connectivity index (χ3v) is 0.786. The lowest BCUT2D eigenvalue weighted by Crippen LogP contribution is -1.63. The Morgan fingerprint density at radius 1 is 1.50 bits per heavy atom. The Morgan fingerprint density at radius 2 is 1.67 bits per heavy atom. The van der Waals surface area contributed by atoms with Crippen molar-refractivity contribution in [3.63, 3.8) is 0 Å². The Hall–Kier alpha value is -0.230. The van der Waals surface area contributed by atoms with Gasteiger partial charge in [-0.3, -0.25) is 0 Å². The molecule has 0 aliphatic heterocycles. The third kappa shape index (κ3) is 2.04. The van der Waals surface area contributed by atoms with E-state index < -0.39 is 0 Å². The molecule has 0 nitrogen and oxygen atoms in total. The molecule has 0 N–H and O–H groups in total. The summed E-state index contributed by atoms with van der Waals surface area (Å²) in [7, 11) is 0. The molecule has 0 unspecified atom stereocenters. The smallest absolute Gasteiger partial charge is 0.0357 e. The maximum Gasteiger partial charge on any atom is 0.0357 e. The molecule has 0 fully saturated rings. The topological polar surface area (TPSA) is 0 Å². The molecule has 34 valence electrons. The second-order valence-corrected chi connectivity index (χ2v) is 1.64. The van der Waals surface area contributed by atoms with Crippen LogP contribution in [-0.4, -0.2) is 0 Å². The van der Waals surface area contributed by atoms with E-state index in [1.165, 1.54) is 0 Å². The van der Waals surface area contributed by atoms with Gasteiger partial charge in [0.05, 0.1) is 0 Å². The summed E-state index contributed by atoms with van der Waals surface area (Å²) < 4.78 is 0. The van der Waals surface area contributed by atoms with Crippen LogP contribution in [0.5, 0.6) is 0 Å². The predicted molar refractivity (Wildman–Crippen MR) is 29.8 cm³/mol. The summed E-state index contributed by atoms with van der Waals surface area (Å²) in [6, 6.07) is 0. The lowest BCUT2D eigenvalue weighted by atomic mass is 10.4. The number of allylic oxidation sites excluding steroid dienone is 2. The Labute approximate surface area is 43.1 Å². The molecule has 0 aliphatic rings. The maximum atomic E-state index is 5.32. The molecule has 0 saturated heterocycles. The molecule has 0 radical (unpaired) electrons. The zero-order valence-electron chi connectivity index (χ0n) is 3.79. The van der Waals surface area contributed by atoms with Crippen LogP contribution in [0.25, 0.3) is 0 Å². The number of hydrogen-bond donors (Lipinski definition) is 0. The van der Waals surface area contributed by atoms with Gasteiger partial charge in [0, 0.05) is 5.03 Å². The van der Waals surface area contributed by atoms with E-state index in [9.17, 15) is 0 Å². The van der Waals surface area contributed by atoms with Crippen LogP contribution in [0, 0.1) is 0 Å². The second-order valence-electron chi connectivity index (χ2n) is 1.19. The molecular weight excluding hydrogens is 95.5 g/mol. The van der Waals surface area contributed by atoms with Crippen molar-refractivity contribution in [2.24, 2.45) is 0 Å². The lowest BCUT2D eigenvalue weighted by molar-refractivity contribution is 1.54. The summed E-state index contributed by atoms with van der Waals surface area (Å²) >= 11 is 5.32. The van der Waals surface area contributed by atoms with E-state index in [0.29, 0.717) is 5.03 Å². The Morgan fingerprint density at radius 3 is 1.67 bits per heavy atom. The van der Waals surface area contributed by atoms with Crippen LogP contribution in [-0.2, 0) is 0 Å². The maximum absolute atomic E-state index is 5.32. The van der Waals surface area contributed by atoms with E-state index in [1.807, 2.05) is 6.92 Å². The van der Waals surface area contributed by atoms with Gasteiger partial charge in [-0.05, 0) is 12.5 Å². The first-order valence-corrected chi connectivity index (χ1v) is 2.02. The molecule has 0 amide bonds. The van der Waals surface area contributed by atoms with E-state index in [4.69, 9.17) is 11.6 Å². The van der Waals surface area contributed by atoms with Crippen LogP contribution in [0.2, 0.25) is 0 Å². The van der Waals surface area contributed by atoms with Crippen molar-refractivity contribution in [1.82, 2.24) is 0 Å². The summed E-state index contributed by atoms with van der Waals surface area (Å²) in [5, 5.41) is 0.537. The van der Waals surface area contributed by atoms with E-state index in [1.54, 1.807) is 0 Å². The van der Waals surface area contributed by atoms with E-state index >= 15 is 0 Å².